The van der Waals surface area contributed by atoms with Gasteiger partial charge in [-0.05, 0) is 68.2 Å². The summed E-state index contributed by atoms with van der Waals surface area (Å²) in [6.45, 7) is 13.6. The molecule has 138 valence electrons. The molecule has 0 saturated heterocycles. The number of nitrogens with zero attached hydrogens (tertiary/aromatic N) is 4. The Morgan fingerprint density at radius 1 is 0.708 bits per heavy atom. The molecule has 0 fully saturated rings. The van der Waals surface area contributed by atoms with Gasteiger partial charge in [-0.25, -0.2) is 9.78 Å². The van der Waals surface area contributed by atoms with Gasteiger partial charge in [0, 0.05) is 0 Å². The van der Waals surface area contributed by atoms with Crippen LogP contribution < -0.4 is 0 Å². The lowest BCUT2D eigenvalue weighted by Gasteiger charge is -2.26. The van der Waals surface area contributed by atoms with Crippen molar-refractivity contribution < 1.29 is 20.3 Å². The molecule has 0 aliphatic carbocycles. The van der Waals surface area contributed by atoms with Crippen LogP contribution in [0.2, 0.25) is 0 Å². The Morgan fingerprint density at radius 3 is 1.12 bits per heavy atom. The molecule has 0 saturated carbocycles. The SMILES string of the molecule is CC(C)(C#N)N=NC(C)(C)C#N.CC(C)(CCC(C)(C)OO)OO. The first-order valence-electron chi connectivity index (χ1n) is 7.57. The summed E-state index contributed by atoms with van der Waals surface area (Å²) in [6, 6.07) is 3.94. The molecule has 8 nitrogen and oxygen atoms in total. The summed E-state index contributed by atoms with van der Waals surface area (Å²) in [5.74, 6) is 0. The number of rotatable bonds is 7. The van der Waals surface area contributed by atoms with E-state index in [1.807, 2.05) is 12.1 Å². The molecule has 0 atom stereocenters. The third-order valence-corrected chi connectivity index (χ3v) is 2.92. The van der Waals surface area contributed by atoms with E-state index in [1.165, 1.54) is 0 Å². The average molecular weight is 342 g/mol. The van der Waals surface area contributed by atoms with Gasteiger partial charge in [0.2, 0.25) is 0 Å². The molecule has 0 aromatic carbocycles. The van der Waals surface area contributed by atoms with E-state index in [2.05, 4.69) is 20.0 Å². The van der Waals surface area contributed by atoms with Crippen LogP contribution in [0.1, 0.15) is 68.2 Å². The van der Waals surface area contributed by atoms with Crippen molar-refractivity contribution in [3.63, 3.8) is 0 Å². The minimum absolute atomic E-state index is 0.587. The van der Waals surface area contributed by atoms with Crippen LogP contribution in [0.5, 0.6) is 0 Å². The Hall–Kier alpha value is -1.58. The molecule has 24 heavy (non-hydrogen) atoms. The van der Waals surface area contributed by atoms with E-state index in [4.69, 9.17) is 21.0 Å². The Bertz CT molecular complexity index is 441. The van der Waals surface area contributed by atoms with Gasteiger partial charge >= 0.3 is 0 Å². The fourth-order valence-corrected chi connectivity index (χ4v) is 0.988. The van der Waals surface area contributed by atoms with Crippen molar-refractivity contribution in [2.24, 2.45) is 10.2 Å². The molecular formula is C16H30N4O4. The van der Waals surface area contributed by atoms with Crippen molar-refractivity contribution in [3.8, 4) is 12.1 Å². The minimum atomic E-state index is -0.839. The second-order valence-electron chi connectivity index (χ2n) is 7.74. The van der Waals surface area contributed by atoms with Gasteiger partial charge in [0.15, 0.2) is 11.1 Å². The van der Waals surface area contributed by atoms with Gasteiger partial charge in [-0.3, -0.25) is 10.5 Å². The summed E-state index contributed by atoms with van der Waals surface area (Å²) in [7, 11) is 0. The van der Waals surface area contributed by atoms with E-state index in [0.717, 1.165) is 0 Å². The largest absolute Gasteiger partial charge is 0.251 e. The highest BCUT2D eigenvalue weighted by Crippen LogP contribution is 2.23. The number of hydrogen-bond donors (Lipinski definition) is 2. The highest BCUT2D eigenvalue weighted by Gasteiger charge is 2.25. The van der Waals surface area contributed by atoms with Crippen LogP contribution in [0.3, 0.4) is 0 Å². The quantitative estimate of drug-likeness (QED) is 0.402. The Kier molecular flexibility index (Phi) is 9.92. The predicted octanol–water partition coefficient (Wildman–Crippen LogP) is 4.35. The first kappa shape index (κ1) is 24.7. The Labute approximate surface area is 144 Å². The number of nitriles is 2. The highest BCUT2D eigenvalue weighted by atomic mass is 17.1. The van der Waals surface area contributed by atoms with Crippen LogP contribution in [0, 0.1) is 22.7 Å². The maximum atomic E-state index is 8.58. The topological polar surface area (TPSA) is 131 Å². The summed E-state index contributed by atoms with van der Waals surface area (Å²) < 4.78 is 0. The molecule has 0 aromatic heterocycles. The summed E-state index contributed by atoms with van der Waals surface area (Å²) in [5.41, 5.74) is -2.85. The van der Waals surface area contributed by atoms with Crippen LogP contribution >= 0.6 is 0 Å². The molecule has 0 spiro atoms. The van der Waals surface area contributed by atoms with Gasteiger partial charge in [0.05, 0.1) is 23.3 Å². The van der Waals surface area contributed by atoms with Crippen LogP contribution in [-0.2, 0) is 9.78 Å². The maximum Gasteiger partial charge on any atom is 0.162 e. The summed E-state index contributed by atoms with van der Waals surface area (Å²) in [4.78, 5) is 8.48. The standard InChI is InChI=1S/C8H12N4.C8H18O4/c1-7(2,5-9)11-12-8(3,4)6-10;1-7(2,11-9)5-6-8(3,4)12-10/h1-4H3;9-10H,5-6H2,1-4H3. The zero-order chi connectivity index (χ0) is 19.7. The van der Waals surface area contributed by atoms with Crippen LogP contribution in [0.4, 0.5) is 0 Å². The van der Waals surface area contributed by atoms with Gasteiger partial charge in [-0.15, -0.1) is 0 Å². The Balaban J connectivity index is 0. The normalized spacial score (nSPS) is 13.0. The van der Waals surface area contributed by atoms with Crippen molar-refractivity contribution in [2.45, 2.75) is 90.5 Å². The number of hydrogen-bond acceptors (Lipinski definition) is 8. The molecule has 0 rings (SSSR count). The monoisotopic (exact) mass is 342 g/mol. The van der Waals surface area contributed by atoms with Crippen molar-refractivity contribution in [3.05, 3.63) is 0 Å². The molecule has 0 bridgehead atoms. The fourth-order valence-electron chi connectivity index (χ4n) is 0.988. The van der Waals surface area contributed by atoms with Crippen LogP contribution in [0.15, 0.2) is 10.2 Å². The molecule has 8 heteroatoms. The molecule has 0 aliphatic heterocycles. The third-order valence-electron chi connectivity index (χ3n) is 2.92. The maximum absolute atomic E-state index is 8.58. The molecular weight excluding hydrogens is 312 g/mol. The van der Waals surface area contributed by atoms with E-state index in [-0.39, 0.29) is 0 Å². The number of azo groups is 1. The van der Waals surface area contributed by atoms with Gasteiger partial charge in [-0.2, -0.15) is 20.8 Å². The van der Waals surface area contributed by atoms with E-state index >= 15 is 0 Å². The molecule has 0 heterocycles. The van der Waals surface area contributed by atoms with E-state index in [1.54, 1.807) is 55.4 Å². The molecule has 0 amide bonds. The fraction of sp³-hybridized carbons (Fsp3) is 0.875. The van der Waals surface area contributed by atoms with Crippen LogP contribution in [-0.4, -0.2) is 32.8 Å². The van der Waals surface area contributed by atoms with E-state index in [0.29, 0.717) is 12.8 Å². The second-order valence-corrected chi connectivity index (χ2v) is 7.74. The summed E-state index contributed by atoms with van der Waals surface area (Å²) in [5, 5.41) is 41.6. The first-order chi connectivity index (χ1) is 10.7. The zero-order valence-corrected chi connectivity index (χ0v) is 15.9. The lowest BCUT2D eigenvalue weighted by molar-refractivity contribution is -0.331. The minimum Gasteiger partial charge on any atom is -0.251 e. The van der Waals surface area contributed by atoms with E-state index < -0.39 is 22.3 Å². The third kappa shape index (κ3) is 12.9. The van der Waals surface area contributed by atoms with Gasteiger partial charge in [-0.1, -0.05) is 0 Å². The lowest BCUT2D eigenvalue weighted by Crippen LogP contribution is -2.30. The zero-order valence-electron chi connectivity index (χ0n) is 15.9. The Morgan fingerprint density at radius 2 is 0.958 bits per heavy atom. The highest BCUT2D eigenvalue weighted by molar-refractivity contribution is 5.03. The van der Waals surface area contributed by atoms with Crippen molar-refractivity contribution in [2.75, 3.05) is 0 Å². The average Bonchev–Trinajstić information content (AvgIpc) is 2.52. The molecule has 0 unspecified atom stereocenters. The smallest absolute Gasteiger partial charge is 0.162 e. The van der Waals surface area contributed by atoms with Crippen molar-refractivity contribution in [1.82, 2.24) is 0 Å². The summed E-state index contributed by atoms with van der Waals surface area (Å²) in [6.07, 6.45) is 1.22. The van der Waals surface area contributed by atoms with Crippen molar-refractivity contribution >= 4 is 0 Å². The van der Waals surface area contributed by atoms with Gasteiger partial charge < -0.3 is 0 Å². The molecule has 0 radical (unpaired) electrons. The second kappa shape index (κ2) is 9.65. The first-order valence-corrected chi connectivity index (χ1v) is 7.57. The summed E-state index contributed by atoms with van der Waals surface area (Å²) >= 11 is 0. The predicted molar refractivity (Wildman–Crippen MR) is 89.1 cm³/mol. The van der Waals surface area contributed by atoms with Crippen LogP contribution in [0.25, 0.3) is 0 Å². The van der Waals surface area contributed by atoms with E-state index in [9.17, 15) is 0 Å². The van der Waals surface area contributed by atoms with Gasteiger partial charge in [0.1, 0.15) is 0 Å². The van der Waals surface area contributed by atoms with Gasteiger partial charge in [0.25, 0.3) is 0 Å². The molecule has 2 N–H and O–H groups in total. The molecule has 0 aliphatic rings. The van der Waals surface area contributed by atoms with Crippen molar-refractivity contribution in [1.29, 1.82) is 10.5 Å². The molecule has 0 aromatic rings. The lowest BCUT2D eigenvalue weighted by atomic mass is 9.94.